The second-order valence-corrected chi connectivity index (χ2v) is 5.79. The van der Waals surface area contributed by atoms with Crippen molar-refractivity contribution in [2.24, 2.45) is 0 Å². The van der Waals surface area contributed by atoms with Crippen LogP contribution in [0, 0.1) is 0 Å². The molecule has 3 rings (SSSR count). The normalized spacial score (nSPS) is 17.9. The summed E-state index contributed by atoms with van der Waals surface area (Å²) >= 11 is 0. The zero-order chi connectivity index (χ0) is 14.2. The maximum atomic E-state index is 5.84. The molecule has 0 N–H and O–H groups in total. The molecule has 2 nitrogen and oxygen atoms in total. The fourth-order valence-corrected chi connectivity index (χ4v) is 2.56. The van der Waals surface area contributed by atoms with Gasteiger partial charge in [0.25, 0.3) is 0 Å². The topological polar surface area (TPSA) is 18.5 Å². The van der Waals surface area contributed by atoms with E-state index in [1.165, 1.54) is 11.1 Å². The maximum Gasteiger partial charge on any atom is 0.205 e. The van der Waals surface area contributed by atoms with E-state index in [1.54, 1.807) is 0 Å². The Bertz CT molecular complexity index is 602. The molecular formula is C18H20O2. The maximum absolute atomic E-state index is 5.84. The molecule has 1 heterocycles. The van der Waals surface area contributed by atoms with Crippen molar-refractivity contribution in [3.8, 4) is 5.75 Å². The molecule has 0 aromatic heterocycles. The Kier molecular flexibility index (Phi) is 3.27. The Morgan fingerprint density at radius 3 is 2.50 bits per heavy atom. The van der Waals surface area contributed by atoms with Gasteiger partial charge in [0.15, 0.2) is 0 Å². The third-order valence-electron chi connectivity index (χ3n) is 3.82. The monoisotopic (exact) mass is 268 g/mol. The van der Waals surface area contributed by atoms with Crippen LogP contribution in [0.15, 0.2) is 48.5 Å². The van der Waals surface area contributed by atoms with Crippen LogP contribution in [0.25, 0.3) is 0 Å². The van der Waals surface area contributed by atoms with Crippen LogP contribution in [-0.2, 0) is 11.3 Å². The summed E-state index contributed by atoms with van der Waals surface area (Å²) in [5.41, 5.74) is 3.75. The standard InChI is InChI=1S/C18H20O2/c1-13(14-7-5-4-6-8-14)15-9-10-17-16(11-15)12-19-18(2,3)20-17/h4-11,13H,12H2,1-3H3. The Labute approximate surface area is 120 Å². The van der Waals surface area contributed by atoms with Gasteiger partial charge in [0.05, 0.1) is 6.61 Å². The molecular weight excluding hydrogens is 248 g/mol. The Hall–Kier alpha value is -1.80. The van der Waals surface area contributed by atoms with Crippen LogP contribution in [0.2, 0.25) is 0 Å². The van der Waals surface area contributed by atoms with Crippen molar-refractivity contribution in [3.63, 3.8) is 0 Å². The van der Waals surface area contributed by atoms with Gasteiger partial charge in [-0.05, 0) is 23.3 Å². The Morgan fingerprint density at radius 2 is 1.75 bits per heavy atom. The smallest absolute Gasteiger partial charge is 0.205 e. The highest BCUT2D eigenvalue weighted by molar-refractivity contribution is 5.42. The van der Waals surface area contributed by atoms with Crippen molar-refractivity contribution in [3.05, 3.63) is 65.2 Å². The summed E-state index contributed by atoms with van der Waals surface area (Å²) in [6.07, 6.45) is 0. The van der Waals surface area contributed by atoms with Gasteiger partial charge in [0.1, 0.15) is 5.75 Å². The number of benzene rings is 2. The zero-order valence-corrected chi connectivity index (χ0v) is 12.2. The van der Waals surface area contributed by atoms with Crippen molar-refractivity contribution < 1.29 is 9.47 Å². The second-order valence-electron chi connectivity index (χ2n) is 5.79. The lowest BCUT2D eigenvalue weighted by Crippen LogP contribution is -2.35. The summed E-state index contributed by atoms with van der Waals surface area (Å²) in [5, 5.41) is 0. The van der Waals surface area contributed by atoms with Gasteiger partial charge >= 0.3 is 0 Å². The highest BCUT2D eigenvalue weighted by atomic mass is 16.7. The molecule has 0 fully saturated rings. The van der Waals surface area contributed by atoms with Crippen molar-refractivity contribution in [2.45, 2.75) is 39.1 Å². The minimum Gasteiger partial charge on any atom is -0.463 e. The summed E-state index contributed by atoms with van der Waals surface area (Å²) in [4.78, 5) is 0. The van der Waals surface area contributed by atoms with Gasteiger partial charge < -0.3 is 9.47 Å². The average Bonchev–Trinajstić information content (AvgIpc) is 2.46. The van der Waals surface area contributed by atoms with E-state index in [2.05, 4.69) is 49.4 Å². The third-order valence-corrected chi connectivity index (χ3v) is 3.82. The lowest BCUT2D eigenvalue weighted by Gasteiger charge is -2.33. The van der Waals surface area contributed by atoms with Crippen LogP contribution in [0.5, 0.6) is 5.75 Å². The second kappa shape index (κ2) is 4.95. The summed E-state index contributed by atoms with van der Waals surface area (Å²) in [7, 11) is 0. The van der Waals surface area contributed by atoms with Crippen molar-refractivity contribution in [1.29, 1.82) is 0 Å². The Balaban J connectivity index is 1.90. The fraction of sp³-hybridized carbons (Fsp3) is 0.333. The largest absolute Gasteiger partial charge is 0.463 e. The van der Waals surface area contributed by atoms with Gasteiger partial charge in [-0.1, -0.05) is 43.3 Å². The molecule has 0 spiro atoms. The highest BCUT2D eigenvalue weighted by Gasteiger charge is 2.27. The van der Waals surface area contributed by atoms with Crippen LogP contribution < -0.4 is 4.74 Å². The van der Waals surface area contributed by atoms with Crippen LogP contribution in [0.4, 0.5) is 0 Å². The molecule has 0 saturated heterocycles. The summed E-state index contributed by atoms with van der Waals surface area (Å²) in [5.74, 6) is 0.779. The van der Waals surface area contributed by atoms with Crippen LogP contribution in [-0.4, -0.2) is 5.79 Å². The molecule has 0 amide bonds. The molecule has 1 unspecified atom stereocenters. The van der Waals surface area contributed by atoms with E-state index in [4.69, 9.17) is 9.47 Å². The quantitative estimate of drug-likeness (QED) is 0.799. The molecule has 20 heavy (non-hydrogen) atoms. The molecule has 1 aliphatic heterocycles. The number of hydrogen-bond donors (Lipinski definition) is 0. The lowest BCUT2D eigenvalue weighted by atomic mass is 9.92. The average molecular weight is 268 g/mol. The molecule has 0 radical (unpaired) electrons. The molecule has 104 valence electrons. The summed E-state index contributed by atoms with van der Waals surface area (Å²) < 4.78 is 11.5. The van der Waals surface area contributed by atoms with Gasteiger partial charge in [0, 0.05) is 25.3 Å². The van der Waals surface area contributed by atoms with Gasteiger partial charge in [-0.3, -0.25) is 0 Å². The molecule has 2 aromatic rings. The van der Waals surface area contributed by atoms with Crippen molar-refractivity contribution in [1.82, 2.24) is 0 Å². The Morgan fingerprint density at radius 1 is 1.00 bits per heavy atom. The SMILES string of the molecule is CC(c1ccccc1)c1ccc2c(c1)COC(C)(C)O2. The highest BCUT2D eigenvalue weighted by Crippen LogP contribution is 2.34. The molecule has 0 saturated carbocycles. The minimum atomic E-state index is -0.528. The number of rotatable bonds is 2. The lowest BCUT2D eigenvalue weighted by molar-refractivity contribution is -0.180. The minimum absolute atomic E-state index is 0.372. The predicted molar refractivity (Wildman–Crippen MR) is 79.9 cm³/mol. The van der Waals surface area contributed by atoms with E-state index in [0.717, 1.165) is 11.3 Å². The van der Waals surface area contributed by atoms with Crippen LogP contribution in [0.1, 0.15) is 43.4 Å². The first-order valence-corrected chi connectivity index (χ1v) is 7.06. The van der Waals surface area contributed by atoms with Crippen LogP contribution >= 0.6 is 0 Å². The first-order valence-electron chi connectivity index (χ1n) is 7.06. The van der Waals surface area contributed by atoms with Gasteiger partial charge in [-0.2, -0.15) is 0 Å². The summed E-state index contributed by atoms with van der Waals surface area (Å²) in [6, 6.07) is 17.0. The van der Waals surface area contributed by atoms with Gasteiger partial charge in [0.2, 0.25) is 5.79 Å². The number of ether oxygens (including phenoxy) is 2. The molecule has 1 aliphatic rings. The van der Waals surface area contributed by atoms with Crippen molar-refractivity contribution in [2.75, 3.05) is 0 Å². The zero-order valence-electron chi connectivity index (χ0n) is 12.2. The molecule has 1 atom stereocenters. The van der Waals surface area contributed by atoms with E-state index in [0.29, 0.717) is 12.5 Å². The fourth-order valence-electron chi connectivity index (χ4n) is 2.56. The summed E-state index contributed by atoms with van der Waals surface area (Å²) in [6.45, 7) is 6.72. The first-order chi connectivity index (χ1) is 9.55. The van der Waals surface area contributed by atoms with Gasteiger partial charge in [-0.15, -0.1) is 0 Å². The molecule has 0 bridgehead atoms. The van der Waals surface area contributed by atoms with Crippen molar-refractivity contribution >= 4 is 0 Å². The molecule has 2 aromatic carbocycles. The van der Waals surface area contributed by atoms with E-state index in [9.17, 15) is 0 Å². The molecule has 2 heteroatoms. The molecule has 0 aliphatic carbocycles. The van der Waals surface area contributed by atoms with E-state index >= 15 is 0 Å². The third kappa shape index (κ3) is 2.56. The van der Waals surface area contributed by atoms with Gasteiger partial charge in [-0.25, -0.2) is 0 Å². The van der Waals surface area contributed by atoms with E-state index < -0.39 is 5.79 Å². The number of hydrogen-bond acceptors (Lipinski definition) is 2. The van der Waals surface area contributed by atoms with Crippen LogP contribution in [0.3, 0.4) is 0 Å². The van der Waals surface area contributed by atoms with E-state index in [-0.39, 0.29) is 0 Å². The predicted octanol–water partition coefficient (Wildman–Crippen LogP) is 4.48. The van der Waals surface area contributed by atoms with E-state index in [1.807, 2.05) is 19.9 Å². The first kappa shape index (κ1) is 13.2. The number of fused-ring (bicyclic) bond motifs is 1.